The van der Waals surface area contributed by atoms with Crippen molar-refractivity contribution in [2.24, 2.45) is 0 Å². The maximum absolute atomic E-state index is 13.5. The van der Waals surface area contributed by atoms with E-state index in [1.54, 1.807) is 24.3 Å². The summed E-state index contributed by atoms with van der Waals surface area (Å²) in [7, 11) is 0. The first-order chi connectivity index (χ1) is 16.7. The molecule has 0 fully saturated rings. The fourth-order valence-electron chi connectivity index (χ4n) is 3.29. The van der Waals surface area contributed by atoms with Crippen LogP contribution in [0.2, 0.25) is 0 Å². The van der Waals surface area contributed by atoms with Gasteiger partial charge in [-0.05, 0) is 60.5 Å². The molecule has 0 atom stereocenters. The van der Waals surface area contributed by atoms with Crippen molar-refractivity contribution >= 4 is 34.8 Å². The molecule has 2 N–H and O–H groups in total. The van der Waals surface area contributed by atoms with E-state index in [4.69, 9.17) is 11.6 Å². The van der Waals surface area contributed by atoms with Gasteiger partial charge >= 0.3 is 6.18 Å². The van der Waals surface area contributed by atoms with Crippen LogP contribution in [0.3, 0.4) is 0 Å². The van der Waals surface area contributed by atoms with Crippen LogP contribution in [0.25, 0.3) is 11.3 Å². The molecular weight excluding hydrogens is 479 g/mol. The third kappa shape index (κ3) is 5.75. The molecule has 1 amide bonds. The zero-order valence-electron chi connectivity index (χ0n) is 18.4. The number of anilines is 3. The van der Waals surface area contributed by atoms with E-state index in [1.165, 1.54) is 24.5 Å². The molecule has 2 heterocycles. The molecule has 0 aliphatic heterocycles. The maximum atomic E-state index is 13.5. The fraction of sp³-hybridized carbons (Fsp3) is 0.120. The molecule has 4 aromatic rings. The summed E-state index contributed by atoms with van der Waals surface area (Å²) in [6.07, 6.45) is -1.12. The number of alkyl halides is 4. The van der Waals surface area contributed by atoms with Gasteiger partial charge in [0.1, 0.15) is 5.56 Å². The Kier molecular flexibility index (Phi) is 6.97. The minimum atomic E-state index is -4.62. The lowest BCUT2D eigenvalue weighted by Gasteiger charge is -2.14. The van der Waals surface area contributed by atoms with Crippen molar-refractivity contribution in [3.8, 4) is 11.3 Å². The zero-order valence-corrected chi connectivity index (χ0v) is 19.2. The van der Waals surface area contributed by atoms with Crippen LogP contribution in [0.15, 0.2) is 73.2 Å². The third-order valence-corrected chi connectivity index (χ3v) is 5.45. The molecule has 0 radical (unpaired) electrons. The van der Waals surface area contributed by atoms with Gasteiger partial charge in [-0.1, -0.05) is 12.1 Å². The second kappa shape index (κ2) is 10.1. The van der Waals surface area contributed by atoms with E-state index in [0.29, 0.717) is 22.8 Å². The number of nitrogens with zero attached hydrogens (tertiary/aromatic N) is 3. The minimum absolute atomic E-state index is 0.0254. The number of benzene rings is 2. The average molecular weight is 498 g/mol. The first kappa shape index (κ1) is 24.2. The Labute approximate surface area is 204 Å². The molecule has 2 aromatic heterocycles. The molecule has 0 aliphatic carbocycles. The van der Waals surface area contributed by atoms with Crippen LogP contribution in [0.1, 0.15) is 27.0 Å². The predicted molar refractivity (Wildman–Crippen MR) is 129 cm³/mol. The Bertz CT molecular complexity index is 1350. The van der Waals surface area contributed by atoms with E-state index >= 15 is 0 Å². The maximum Gasteiger partial charge on any atom is 0.419 e. The normalized spacial score (nSPS) is 11.2. The van der Waals surface area contributed by atoms with Gasteiger partial charge in [0.05, 0.1) is 5.69 Å². The van der Waals surface area contributed by atoms with Crippen LogP contribution in [0, 0.1) is 6.92 Å². The van der Waals surface area contributed by atoms with Crippen LogP contribution in [0.4, 0.5) is 30.5 Å². The number of carbonyl (C=O) groups excluding carboxylic acids is 1. The van der Waals surface area contributed by atoms with Gasteiger partial charge in [-0.3, -0.25) is 9.78 Å². The number of hydrogen-bond donors (Lipinski definition) is 2. The molecule has 0 unspecified atom stereocenters. The van der Waals surface area contributed by atoms with Crippen molar-refractivity contribution in [2.75, 3.05) is 10.6 Å². The zero-order chi connectivity index (χ0) is 25.0. The topological polar surface area (TPSA) is 79.8 Å². The first-order valence-electron chi connectivity index (χ1n) is 10.4. The summed E-state index contributed by atoms with van der Waals surface area (Å²) in [6.45, 7) is 1.88. The number of aromatic nitrogens is 3. The Morgan fingerprint density at radius 3 is 2.49 bits per heavy atom. The molecule has 2 aromatic carbocycles. The predicted octanol–water partition coefficient (Wildman–Crippen LogP) is 6.60. The highest BCUT2D eigenvalue weighted by Crippen LogP contribution is 2.36. The number of amides is 1. The van der Waals surface area contributed by atoms with E-state index in [2.05, 4.69) is 25.6 Å². The van der Waals surface area contributed by atoms with Gasteiger partial charge in [-0.25, -0.2) is 9.97 Å². The van der Waals surface area contributed by atoms with E-state index in [0.717, 1.165) is 17.3 Å². The Hall–Kier alpha value is -3.98. The molecule has 35 heavy (non-hydrogen) atoms. The number of nitrogens with one attached hydrogen (secondary N) is 2. The molecular formula is C25H19ClF3N5O. The molecule has 0 saturated heterocycles. The average Bonchev–Trinajstić information content (AvgIpc) is 2.85. The molecule has 0 saturated carbocycles. The third-order valence-electron chi connectivity index (χ3n) is 5.14. The molecule has 6 nitrogen and oxygen atoms in total. The fourth-order valence-corrected chi connectivity index (χ4v) is 3.45. The number of carbonyl (C=O) groups is 1. The Morgan fingerprint density at radius 1 is 1.06 bits per heavy atom. The van der Waals surface area contributed by atoms with Crippen LogP contribution in [-0.4, -0.2) is 20.9 Å². The van der Waals surface area contributed by atoms with E-state index < -0.39 is 11.7 Å². The SMILES string of the molecule is Cc1ccc(CCl)cc1NC(=O)c1ccc(Nc2ncc(C(F)(F)F)c(-c3cccnc3)n2)cc1. The largest absolute Gasteiger partial charge is 0.419 e. The standard InChI is InChI=1S/C25H19ClF3N5O/c1-15-4-5-16(12-26)11-21(15)33-23(35)17-6-8-19(9-7-17)32-24-31-14-20(25(27,28)29)22(34-24)18-3-2-10-30-13-18/h2-11,13-14H,12H2,1H3,(H,33,35)(H,31,32,34). The Morgan fingerprint density at radius 2 is 1.83 bits per heavy atom. The van der Waals surface area contributed by atoms with Gasteiger partial charge < -0.3 is 10.6 Å². The molecule has 178 valence electrons. The van der Waals surface area contributed by atoms with Crippen molar-refractivity contribution in [3.05, 3.63) is 95.4 Å². The summed E-state index contributed by atoms with van der Waals surface area (Å²) < 4.78 is 40.4. The quantitative estimate of drug-likeness (QED) is 0.293. The van der Waals surface area contributed by atoms with Crippen molar-refractivity contribution < 1.29 is 18.0 Å². The van der Waals surface area contributed by atoms with Crippen molar-refractivity contribution in [1.29, 1.82) is 0 Å². The number of aryl methyl sites for hydroxylation is 1. The van der Waals surface area contributed by atoms with E-state index in [-0.39, 0.29) is 23.1 Å². The van der Waals surface area contributed by atoms with Gasteiger partial charge in [-0.2, -0.15) is 13.2 Å². The lowest BCUT2D eigenvalue weighted by molar-refractivity contribution is -0.137. The van der Waals surface area contributed by atoms with E-state index in [9.17, 15) is 18.0 Å². The van der Waals surface area contributed by atoms with Crippen LogP contribution in [0.5, 0.6) is 0 Å². The highest BCUT2D eigenvalue weighted by molar-refractivity contribution is 6.17. The first-order valence-corrected chi connectivity index (χ1v) is 11.0. The van der Waals surface area contributed by atoms with Crippen molar-refractivity contribution in [3.63, 3.8) is 0 Å². The summed E-state index contributed by atoms with van der Waals surface area (Å²) >= 11 is 5.88. The van der Waals surface area contributed by atoms with Gasteiger partial charge in [-0.15, -0.1) is 11.6 Å². The lowest BCUT2D eigenvalue weighted by atomic mass is 10.1. The summed E-state index contributed by atoms with van der Waals surface area (Å²) in [5.74, 6) is -0.00326. The Balaban J connectivity index is 1.53. The smallest absolute Gasteiger partial charge is 0.324 e. The number of hydrogen-bond acceptors (Lipinski definition) is 5. The highest BCUT2D eigenvalue weighted by atomic mass is 35.5. The van der Waals surface area contributed by atoms with E-state index in [1.807, 2.05) is 25.1 Å². The number of rotatable bonds is 6. The van der Waals surface area contributed by atoms with Gasteiger partial charge in [0.2, 0.25) is 5.95 Å². The van der Waals surface area contributed by atoms with Crippen molar-refractivity contribution in [2.45, 2.75) is 19.0 Å². The monoisotopic (exact) mass is 497 g/mol. The molecule has 10 heteroatoms. The second-order valence-electron chi connectivity index (χ2n) is 7.63. The number of halogens is 4. The van der Waals surface area contributed by atoms with Gasteiger partial charge in [0, 0.05) is 47.0 Å². The molecule has 0 bridgehead atoms. The summed E-state index contributed by atoms with van der Waals surface area (Å²) in [5.41, 5.74) is 2.31. The van der Waals surface area contributed by atoms with Gasteiger partial charge in [0.25, 0.3) is 5.91 Å². The summed E-state index contributed by atoms with van der Waals surface area (Å²) in [4.78, 5) is 24.4. The minimum Gasteiger partial charge on any atom is -0.324 e. The van der Waals surface area contributed by atoms with Crippen LogP contribution < -0.4 is 10.6 Å². The van der Waals surface area contributed by atoms with Crippen molar-refractivity contribution in [1.82, 2.24) is 15.0 Å². The second-order valence-corrected chi connectivity index (χ2v) is 7.90. The van der Waals surface area contributed by atoms with Crippen LogP contribution >= 0.6 is 11.6 Å². The summed E-state index contributed by atoms with van der Waals surface area (Å²) in [5, 5.41) is 5.74. The molecule has 0 aliphatic rings. The van der Waals surface area contributed by atoms with Crippen LogP contribution in [-0.2, 0) is 12.1 Å². The highest BCUT2D eigenvalue weighted by Gasteiger charge is 2.35. The number of pyridine rings is 1. The summed E-state index contributed by atoms with van der Waals surface area (Å²) in [6, 6.07) is 15.0. The lowest BCUT2D eigenvalue weighted by Crippen LogP contribution is -2.13. The molecule has 4 rings (SSSR count). The van der Waals surface area contributed by atoms with Gasteiger partial charge in [0.15, 0.2) is 0 Å². The molecule has 0 spiro atoms.